The van der Waals surface area contributed by atoms with E-state index in [1.54, 1.807) is 0 Å². The number of hydrogen-bond acceptors (Lipinski definition) is 4. The van der Waals surface area contributed by atoms with E-state index in [2.05, 4.69) is 51.2 Å². The van der Waals surface area contributed by atoms with Gasteiger partial charge in [-0.05, 0) is 43.4 Å². The van der Waals surface area contributed by atoms with Crippen molar-refractivity contribution in [2.24, 2.45) is 5.73 Å². The van der Waals surface area contributed by atoms with Gasteiger partial charge in [0.1, 0.15) is 0 Å². The largest absolute Gasteiger partial charge is 0.322 e. The Labute approximate surface area is 196 Å². The molecule has 6 nitrogen and oxygen atoms in total. The lowest BCUT2D eigenvalue weighted by Crippen LogP contribution is -2.50. The van der Waals surface area contributed by atoms with Crippen molar-refractivity contribution in [3.63, 3.8) is 0 Å². The molecule has 2 fully saturated rings. The van der Waals surface area contributed by atoms with Crippen LogP contribution in [-0.2, 0) is 10.3 Å². The van der Waals surface area contributed by atoms with Gasteiger partial charge in [0.15, 0.2) is 0 Å². The molecule has 0 spiro atoms. The second kappa shape index (κ2) is 9.65. The fraction of sp³-hybridized carbons (Fsp3) is 0.481. The van der Waals surface area contributed by atoms with E-state index in [9.17, 15) is 4.79 Å². The van der Waals surface area contributed by atoms with Crippen LogP contribution in [0, 0.1) is 0 Å². The van der Waals surface area contributed by atoms with Crippen molar-refractivity contribution in [1.82, 2.24) is 14.5 Å². The van der Waals surface area contributed by atoms with Crippen LogP contribution >= 0.6 is 0 Å². The van der Waals surface area contributed by atoms with Gasteiger partial charge in [0.25, 0.3) is 0 Å². The minimum absolute atomic E-state index is 0.0404. The molecule has 1 aliphatic heterocycles. The van der Waals surface area contributed by atoms with Crippen LogP contribution in [0.15, 0.2) is 54.6 Å². The molecule has 0 unspecified atom stereocenters. The molecule has 33 heavy (non-hydrogen) atoms. The Morgan fingerprint density at radius 2 is 1.64 bits per heavy atom. The number of nitrogens with two attached hydrogens (primary N) is 1. The molecule has 0 bridgehead atoms. The lowest BCUT2D eigenvalue weighted by atomic mass is 9.79. The summed E-state index contributed by atoms with van der Waals surface area (Å²) < 4.78 is 2.24. The molecule has 1 amide bonds. The molecular weight excluding hydrogens is 410 g/mol. The minimum Gasteiger partial charge on any atom is -0.322 e. The number of aromatic nitrogens is 2. The van der Waals surface area contributed by atoms with Gasteiger partial charge in [-0.1, -0.05) is 68.1 Å². The molecule has 6 heteroatoms. The average Bonchev–Trinajstić information content (AvgIpc) is 3.04. The molecule has 5 rings (SSSR count). The smallest absolute Gasteiger partial charge is 0.240 e. The highest BCUT2D eigenvalue weighted by atomic mass is 16.2. The van der Waals surface area contributed by atoms with Crippen LogP contribution in [0.1, 0.15) is 63.0 Å². The highest BCUT2D eigenvalue weighted by Crippen LogP contribution is 2.44. The zero-order chi connectivity index (χ0) is 22.7. The summed E-state index contributed by atoms with van der Waals surface area (Å²) in [5.74, 6) is 0.419. The maximum Gasteiger partial charge on any atom is 0.240 e. The molecule has 1 aromatic heterocycles. The summed E-state index contributed by atoms with van der Waals surface area (Å²) in [5.41, 5.74) is 9.19. The maximum absolute atomic E-state index is 12.1. The Balaban J connectivity index is 1.42. The predicted octanol–water partition coefficient (Wildman–Crippen LogP) is 4.82. The highest BCUT2D eigenvalue weighted by Gasteiger charge is 2.40. The van der Waals surface area contributed by atoms with Crippen LogP contribution in [-0.4, -0.2) is 40.0 Å². The predicted molar refractivity (Wildman–Crippen MR) is 133 cm³/mol. The highest BCUT2D eigenvalue weighted by molar-refractivity contribution is 5.92. The number of rotatable bonds is 5. The van der Waals surface area contributed by atoms with Gasteiger partial charge in [-0.3, -0.25) is 15.0 Å². The second-order valence-electron chi connectivity index (χ2n) is 9.58. The first kappa shape index (κ1) is 22.1. The summed E-state index contributed by atoms with van der Waals surface area (Å²) in [4.78, 5) is 19.6. The number of amides is 1. The number of hydrogen-bond donors (Lipinski definition) is 2. The van der Waals surface area contributed by atoms with Gasteiger partial charge in [-0.2, -0.15) is 0 Å². The van der Waals surface area contributed by atoms with Crippen molar-refractivity contribution in [1.29, 1.82) is 0 Å². The Hall–Kier alpha value is -2.70. The molecule has 2 aliphatic rings. The first-order chi connectivity index (χ1) is 16.2. The molecule has 174 valence electrons. The fourth-order valence-corrected chi connectivity index (χ4v) is 6.08. The SMILES string of the molecule is NCC(=O)Nc1nc2ccccc2n1C1CCN(C2(c3ccccc3)CCCCCC2)CC1. The third kappa shape index (κ3) is 4.30. The fourth-order valence-electron chi connectivity index (χ4n) is 6.08. The van der Waals surface area contributed by atoms with E-state index in [-0.39, 0.29) is 18.0 Å². The molecule has 1 saturated heterocycles. The lowest BCUT2D eigenvalue weighted by Gasteiger charge is -2.48. The van der Waals surface area contributed by atoms with Crippen LogP contribution in [0.2, 0.25) is 0 Å². The van der Waals surface area contributed by atoms with Crippen LogP contribution in [0.25, 0.3) is 11.0 Å². The summed E-state index contributed by atoms with van der Waals surface area (Å²) in [7, 11) is 0. The van der Waals surface area contributed by atoms with Crippen LogP contribution < -0.4 is 11.1 Å². The standard InChI is InChI=1S/C27H35N5O/c28-20-25(33)30-26-29-23-12-6-7-13-24(23)32(26)22-14-18-31(19-15-22)27(16-8-1-2-9-17-27)21-10-4-3-5-11-21/h3-7,10-13,22H,1-2,8-9,14-20,28H2,(H,29,30,33). The first-order valence-corrected chi connectivity index (χ1v) is 12.5. The summed E-state index contributed by atoms with van der Waals surface area (Å²) >= 11 is 0. The third-order valence-electron chi connectivity index (χ3n) is 7.71. The zero-order valence-corrected chi connectivity index (χ0v) is 19.4. The summed E-state index contributed by atoms with van der Waals surface area (Å²) in [6, 6.07) is 19.6. The number of carbonyl (C=O) groups excluding carboxylic acids is 1. The lowest BCUT2D eigenvalue weighted by molar-refractivity contribution is -0.115. The normalized spacial score (nSPS) is 19.9. The van der Waals surface area contributed by atoms with Gasteiger partial charge in [0, 0.05) is 24.7 Å². The molecule has 2 aromatic carbocycles. The van der Waals surface area contributed by atoms with Crippen LogP contribution in [0.5, 0.6) is 0 Å². The molecule has 3 N–H and O–H groups in total. The van der Waals surface area contributed by atoms with Gasteiger partial charge in [-0.25, -0.2) is 4.98 Å². The molecule has 0 atom stereocenters. The Kier molecular flexibility index (Phi) is 6.47. The number of para-hydroxylation sites is 2. The summed E-state index contributed by atoms with van der Waals surface area (Å²) in [5, 5.41) is 2.94. The number of piperidine rings is 1. The van der Waals surface area contributed by atoms with E-state index >= 15 is 0 Å². The second-order valence-corrected chi connectivity index (χ2v) is 9.58. The summed E-state index contributed by atoms with van der Waals surface area (Å²) in [6.45, 7) is 2.06. The summed E-state index contributed by atoms with van der Waals surface area (Å²) in [6.07, 6.45) is 9.86. The maximum atomic E-state index is 12.1. The van der Waals surface area contributed by atoms with E-state index < -0.39 is 0 Å². The van der Waals surface area contributed by atoms with Gasteiger partial charge >= 0.3 is 0 Å². The number of anilines is 1. The van der Waals surface area contributed by atoms with Crippen LogP contribution in [0.3, 0.4) is 0 Å². The van der Waals surface area contributed by atoms with Crippen molar-refractivity contribution in [3.05, 3.63) is 60.2 Å². The monoisotopic (exact) mass is 445 g/mol. The van der Waals surface area contributed by atoms with Gasteiger partial charge < -0.3 is 10.3 Å². The number of nitrogens with zero attached hydrogens (tertiary/aromatic N) is 3. The van der Waals surface area contributed by atoms with Crippen molar-refractivity contribution < 1.29 is 4.79 Å². The van der Waals surface area contributed by atoms with E-state index in [0.29, 0.717) is 12.0 Å². The Morgan fingerprint density at radius 3 is 2.33 bits per heavy atom. The molecule has 3 aromatic rings. The minimum atomic E-state index is -0.203. The third-order valence-corrected chi connectivity index (χ3v) is 7.71. The molecular formula is C27H35N5O. The average molecular weight is 446 g/mol. The van der Waals surface area contributed by atoms with Gasteiger partial charge in [0.05, 0.1) is 17.6 Å². The Bertz CT molecular complexity index is 1080. The molecule has 0 radical (unpaired) electrons. The van der Waals surface area contributed by atoms with Crippen molar-refractivity contribution in [2.45, 2.75) is 62.9 Å². The van der Waals surface area contributed by atoms with Gasteiger partial charge in [-0.15, -0.1) is 0 Å². The number of fused-ring (bicyclic) bond motifs is 1. The molecule has 2 heterocycles. The van der Waals surface area contributed by atoms with Crippen molar-refractivity contribution >= 4 is 22.9 Å². The number of nitrogens with one attached hydrogen (secondary N) is 1. The van der Waals surface area contributed by atoms with Crippen molar-refractivity contribution in [2.75, 3.05) is 25.0 Å². The zero-order valence-electron chi connectivity index (χ0n) is 19.4. The topological polar surface area (TPSA) is 76.2 Å². The number of imidazole rings is 1. The van der Waals surface area contributed by atoms with E-state index in [1.165, 1.54) is 44.1 Å². The number of benzene rings is 2. The van der Waals surface area contributed by atoms with Crippen LogP contribution in [0.4, 0.5) is 5.95 Å². The van der Waals surface area contributed by atoms with E-state index in [4.69, 9.17) is 10.7 Å². The quantitative estimate of drug-likeness (QED) is 0.552. The first-order valence-electron chi connectivity index (χ1n) is 12.5. The van der Waals surface area contributed by atoms with Crippen molar-refractivity contribution in [3.8, 4) is 0 Å². The molecule has 1 saturated carbocycles. The number of likely N-dealkylation sites (tertiary alicyclic amines) is 1. The van der Waals surface area contributed by atoms with E-state index in [0.717, 1.165) is 37.0 Å². The number of carbonyl (C=O) groups is 1. The Morgan fingerprint density at radius 1 is 0.970 bits per heavy atom. The molecule has 1 aliphatic carbocycles. The van der Waals surface area contributed by atoms with Gasteiger partial charge in [0.2, 0.25) is 11.9 Å². The van der Waals surface area contributed by atoms with E-state index in [1.807, 2.05) is 18.2 Å².